The number of aliphatic hydroxyl groups excluding tert-OH is 1. The summed E-state index contributed by atoms with van der Waals surface area (Å²) in [6.07, 6.45) is 0.681. The van der Waals surface area contributed by atoms with Crippen molar-refractivity contribution in [3.8, 4) is 5.75 Å². The molecule has 0 fully saturated rings. The molecule has 2 aromatic heterocycles. The van der Waals surface area contributed by atoms with Crippen LogP contribution in [0, 0.1) is 0 Å². The highest BCUT2D eigenvalue weighted by Gasteiger charge is 2.14. The zero-order valence-electron chi connectivity index (χ0n) is 14.6. The topological polar surface area (TPSA) is 64.3 Å². The summed E-state index contributed by atoms with van der Waals surface area (Å²) < 4.78 is 7.06. The van der Waals surface area contributed by atoms with Crippen LogP contribution in [0.1, 0.15) is 26.3 Å². The van der Waals surface area contributed by atoms with Crippen LogP contribution in [0.3, 0.4) is 0 Å². The monoisotopic (exact) mass is 358 g/mol. The maximum atomic E-state index is 12.3. The van der Waals surface area contributed by atoms with E-state index in [1.54, 1.807) is 6.07 Å². The van der Waals surface area contributed by atoms with E-state index in [1.807, 2.05) is 29.6 Å². The lowest BCUT2D eigenvalue weighted by molar-refractivity contribution is 0.0914. The lowest BCUT2D eigenvalue weighted by Crippen LogP contribution is -2.30. The van der Waals surface area contributed by atoms with Gasteiger partial charge >= 0.3 is 0 Å². The highest BCUT2D eigenvalue weighted by molar-refractivity contribution is 7.16. The molecule has 1 aromatic carbocycles. The van der Waals surface area contributed by atoms with Crippen LogP contribution in [0.5, 0.6) is 5.75 Å². The fourth-order valence-corrected chi connectivity index (χ4v) is 3.27. The first kappa shape index (κ1) is 17.6. The van der Waals surface area contributed by atoms with Gasteiger partial charge in [0.25, 0.3) is 5.56 Å². The van der Waals surface area contributed by atoms with Gasteiger partial charge in [-0.1, -0.05) is 32.9 Å². The molecule has 0 bridgehead atoms. The average molecular weight is 358 g/mol. The molecule has 0 amide bonds. The van der Waals surface area contributed by atoms with Crippen molar-refractivity contribution in [2.45, 2.75) is 38.8 Å². The third kappa shape index (κ3) is 4.08. The predicted octanol–water partition coefficient (Wildman–Crippen LogP) is 3.20. The maximum Gasteiger partial charge on any atom is 0.262 e. The fraction of sp³-hybridized carbons (Fsp3) is 0.368. The van der Waals surface area contributed by atoms with Crippen molar-refractivity contribution in [2.24, 2.45) is 0 Å². The summed E-state index contributed by atoms with van der Waals surface area (Å²) in [6, 6.07) is 9.61. The Bertz CT molecular complexity index is 907. The van der Waals surface area contributed by atoms with Crippen molar-refractivity contribution >= 4 is 21.6 Å². The molecule has 0 aliphatic rings. The lowest BCUT2D eigenvalue weighted by Gasteiger charge is -2.19. The van der Waals surface area contributed by atoms with E-state index < -0.39 is 6.10 Å². The van der Waals surface area contributed by atoms with Gasteiger partial charge in [0.15, 0.2) is 0 Å². The molecule has 25 heavy (non-hydrogen) atoms. The first-order valence-electron chi connectivity index (χ1n) is 8.18. The number of aromatic nitrogens is 2. The minimum atomic E-state index is -0.794. The Hall–Kier alpha value is -2.18. The summed E-state index contributed by atoms with van der Waals surface area (Å²) in [4.78, 5) is 17.3. The van der Waals surface area contributed by atoms with E-state index in [0.29, 0.717) is 16.0 Å². The molecule has 3 aromatic rings. The van der Waals surface area contributed by atoms with Gasteiger partial charge in [0.1, 0.15) is 23.3 Å². The van der Waals surface area contributed by atoms with Gasteiger partial charge in [-0.05, 0) is 34.6 Å². The average Bonchev–Trinajstić information content (AvgIpc) is 3.05. The molecule has 1 atom stereocenters. The molecule has 6 heteroatoms. The molecular weight excluding hydrogens is 336 g/mol. The van der Waals surface area contributed by atoms with Crippen molar-refractivity contribution in [2.75, 3.05) is 6.61 Å². The first-order valence-corrected chi connectivity index (χ1v) is 9.06. The maximum absolute atomic E-state index is 12.3. The van der Waals surface area contributed by atoms with E-state index in [0.717, 1.165) is 0 Å². The van der Waals surface area contributed by atoms with Crippen LogP contribution in [-0.4, -0.2) is 27.4 Å². The zero-order valence-corrected chi connectivity index (χ0v) is 15.4. The largest absolute Gasteiger partial charge is 0.491 e. The van der Waals surface area contributed by atoms with Crippen LogP contribution in [0.2, 0.25) is 0 Å². The summed E-state index contributed by atoms with van der Waals surface area (Å²) in [7, 11) is 0. The first-order chi connectivity index (χ1) is 11.8. The Morgan fingerprint density at radius 2 is 1.96 bits per heavy atom. The van der Waals surface area contributed by atoms with E-state index in [2.05, 4.69) is 25.8 Å². The van der Waals surface area contributed by atoms with E-state index in [1.165, 1.54) is 27.8 Å². The molecule has 132 valence electrons. The predicted molar refractivity (Wildman–Crippen MR) is 101 cm³/mol. The molecule has 0 saturated carbocycles. The van der Waals surface area contributed by atoms with Crippen molar-refractivity contribution in [1.29, 1.82) is 0 Å². The van der Waals surface area contributed by atoms with Gasteiger partial charge in [-0.15, -0.1) is 11.3 Å². The van der Waals surface area contributed by atoms with Gasteiger partial charge in [-0.25, -0.2) is 4.98 Å². The number of thiophene rings is 1. The van der Waals surface area contributed by atoms with Gasteiger partial charge in [0, 0.05) is 0 Å². The number of rotatable bonds is 5. The molecule has 3 rings (SSSR count). The number of hydrogen-bond donors (Lipinski definition) is 1. The van der Waals surface area contributed by atoms with Crippen molar-refractivity contribution < 1.29 is 9.84 Å². The highest BCUT2D eigenvalue weighted by Crippen LogP contribution is 2.24. The Labute approximate surface area is 150 Å². The lowest BCUT2D eigenvalue weighted by atomic mass is 9.87. The minimum absolute atomic E-state index is 0.0898. The minimum Gasteiger partial charge on any atom is -0.491 e. The fourth-order valence-electron chi connectivity index (χ4n) is 2.55. The van der Waals surface area contributed by atoms with Gasteiger partial charge in [0.2, 0.25) is 0 Å². The molecule has 0 unspecified atom stereocenters. The van der Waals surface area contributed by atoms with Crippen LogP contribution in [0.15, 0.2) is 46.8 Å². The third-order valence-electron chi connectivity index (χ3n) is 4.02. The molecule has 5 nitrogen and oxygen atoms in total. The smallest absolute Gasteiger partial charge is 0.262 e. The summed E-state index contributed by atoms with van der Waals surface area (Å²) in [5, 5.41) is 12.6. The molecular formula is C19H22N2O3S. The van der Waals surface area contributed by atoms with Gasteiger partial charge in [-0.3, -0.25) is 9.36 Å². The van der Waals surface area contributed by atoms with Crippen molar-refractivity contribution in [3.63, 3.8) is 0 Å². The summed E-state index contributed by atoms with van der Waals surface area (Å²) in [6.45, 7) is 6.73. The molecule has 2 heterocycles. The molecule has 0 aliphatic heterocycles. The third-order valence-corrected chi connectivity index (χ3v) is 4.84. The molecule has 0 spiro atoms. The van der Waals surface area contributed by atoms with Crippen LogP contribution >= 0.6 is 11.3 Å². The molecule has 0 aliphatic carbocycles. The van der Waals surface area contributed by atoms with E-state index in [9.17, 15) is 9.90 Å². The molecule has 1 N–H and O–H groups in total. The molecule has 0 saturated heterocycles. The Morgan fingerprint density at radius 1 is 1.24 bits per heavy atom. The quantitative estimate of drug-likeness (QED) is 0.761. The second-order valence-electron chi connectivity index (χ2n) is 7.08. The second-order valence-corrected chi connectivity index (χ2v) is 7.98. The highest BCUT2D eigenvalue weighted by atomic mass is 32.1. The van der Waals surface area contributed by atoms with Gasteiger partial charge < -0.3 is 9.84 Å². The number of benzene rings is 1. The SMILES string of the molecule is CC(C)(C)c1ccc(OC[C@@H](O)Cn2cnc3sccc3c2=O)cc1. The van der Waals surface area contributed by atoms with Crippen molar-refractivity contribution in [3.05, 3.63) is 58.0 Å². The Morgan fingerprint density at radius 3 is 2.64 bits per heavy atom. The number of fused-ring (bicyclic) bond motifs is 1. The van der Waals surface area contributed by atoms with Crippen molar-refractivity contribution in [1.82, 2.24) is 9.55 Å². The van der Waals surface area contributed by atoms with E-state index >= 15 is 0 Å². The second kappa shape index (κ2) is 6.98. The summed E-state index contributed by atoms with van der Waals surface area (Å²) >= 11 is 1.43. The number of hydrogen-bond acceptors (Lipinski definition) is 5. The Balaban J connectivity index is 1.61. The Kier molecular flexibility index (Phi) is 4.92. The normalized spacial score (nSPS) is 13.1. The van der Waals surface area contributed by atoms with Gasteiger partial charge in [-0.2, -0.15) is 0 Å². The molecule has 0 radical (unpaired) electrons. The zero-order chi connectivity index (χ0) is 18.0. The summed E-state index contributed by atoms with van der Waals surface area (Å²) in [5.74, 6) is 0.700. The number of nitrogens with zero attached hydrogens (tertiary/aromatic N) is 2. The van der Waals surface area contributed by atoms with E-state index in [-0.39, 0.29) is 24.1 Å². The standard InChI is InChI=1S/C19H22N2O3S/c1-19(2,3)13-4-6-15(7-5-13)24-11-14(22)10-21-12-20-17-16(18(21)23)8-9-25-17/h4-9,12,14,22H,10-11H2,1-3H3/t14-/m0/s1. The van der Waals surface area contributed by atoms with Crippen LogP contribution in [0.25, 0.3) is 10.2 Å². The van der Waals surface area contributed by atoms with Crippen LogP contribution in [0.4, 0.5) is 0 Å². The van der Waals surface area contributed by atoms with Gasteiger partial charge in [0.05, 0.1) is 18.3 Å². The van der Waals surface area contributed by atoms with E-state index in [4.69, 9.17) is 4.74 Å². The number of ether oxygens (including phenoxy) is 1. The van der Waals surface area contributed by atoms with Crippen LogP contribution < -0.4 is 10.3 Å². The number of aliphatic hydroxyl groups is 1. The summed E-state index contributed by atoms with van der Waals surface area (Å²) in [5.41, 5.74) is 1.17. The van der Waals surface area contributed by atoms with Crippen LogP contribution in [-0.2, 0) is 12.0 Å².